The average Bonchev–Trinajstić information content (AvgIpc) is 3.42. The Morgan fingerprint density at radius 3 is 2.13 bits per heavy atom. The van der Waals surface area contributed by atoms with Gasteiger partial charge in [-0.05, 0) is 67.1 Å². The van der Waals surface area contributed by atoms with Crippen molar-refractivity contribution in [3.05, 3.63) is 107 Å². The molecule has 11 heteroatoms. The second kappa shape index (κ2) is 11.8. The van der Waals surface area contributed by atoms with Crippen LogP contribution in [0.15, 0.2) is 94.9 Å². The number of aryl methyl sites for hydroxylation is 1. The first-order chi connectivity index (χ1) is 22.4. The minimum Gasteiger partial charge on any atom is -0.495 e. The highest BCUT2D eigenvalue weighted by atomic mass is 35.5. The first-order valence-corrected chi connectivity index (χ1v) is 14.9. The molecule has 7 rings (SSSR count). The van der Waals surface area contributed by atoms with Gasteiger partial charge in [0.15, 0.2) is 29.0 Å². The van der Waals surface area contributed by atoms with Gasteiger partial charge in [0.05, 0.1) is 62.3 Å². The number of benzene rings is 4. The molecule has 5 aromatic rings. The fraction of sp³-hybridized carbons (Fsp3) is 0.171. The number of anilines is 2. The van der Waals surface area contributed by atoms with Crippen LogP contribution in [0.2, 0.25) is 5.02 Å². The topological polar surface area (TPSA) is 94.7 Å². The number of nitrogens with zero attached hydrogens (tertiary/aromatic N) is 5. The third kappa shape index (κ3) is 4.78. The van der Waals surface area contributed by atoms with E-state index in [1.165, 1.54) is 0 Å². The Morgan fingerprint density at radius 2 is 1.46 bits per heavy atom. The predicted molar refractivity (Wildman–Crippen MR) is 181 cm³/mol. The first-order valence-electron chi connectivity index (χ1n) is 14.6. The van der Waals surface area contributed by atoms with Gasteiger partial charge in [-0.1, -0.05) is 41.9 Å². The van der Waals surface area contributed by atoms with E-state index in [1.54, 1.807) is 34.5 Å². The van der Waals surface area contributed by atoms with Crippen molar-refractivity contribution >= 4 is 46.2 Å². The van der Waals surface area contributed by atoms with Crippen molar-refractivity contribution in [1.82, 2.24) is 9.78 Å². The second-order valence-corrected chi connectivity index (χ2v) is 11.1. The zero-order valence-electron chi connectivity index (χ0n) is 25.9. The van der Waals surface area contributed by atoms with Crippen LogP contribution in [0.5, 0.6) is 23.0 Å². The third-order valence-electron chi connectivity index (χ3n) is 8.06. The molecule has 0 fully saturated rings. The molecule has 3 heterocycles. The summed E-state index contributed by atoms with van der Waals surface area (Å²) in [7, 11) is 6.41. The summed E-state index contributed by atoms with van der Waals surface area (Å²) in [5.41, 5.74) is 5.94. The number of fused-ring (bicyclic) bond motifs is 4. The van der Waals surface area contributed by atoms with Crippen molar-refractivity contribution < 1.29 is 18.9 Å². The van der Waals surface area contributed by atoms with E-state index in [-0.39, 0.29) is 0 Å². The van der Waals surface area contributed by atoms with Gasteiger partial charge in [0.25, 0.3) is 0 Å². The monoisotopic (exact) mass is 634 g/mol. The predicted octanol–water partition coefficient (Wildman–Crippen LogP) is 7.66. The Labute approximate surface area is 271 Å². The van der Waals surface area contributed by atoms with Gasteiger partial charge < -0.3 is 29.2 Å². The molecule has 0 saturated heterocycles. The van der Waals surface area contributed by atoms with E-state index in [1.807, 2.05) is 90.5 Å². The quantitative estimate of drug-likeness (QED) is 0.196. The van der Waals surface area contributed by atoms with E-state index < -0.39 is 6.04 Å². The lowest BCUT2D eigenvalue weighted by atomic mass is 9.92. The molecule has 1 N–H and O–H groups in total. The van der Waals surface area contributed by atoms with E-state index in [9.17, 15) is 0 Å². The first kappa shape index (κ1) is 29.2. The van der Waals surface area contributed by atoms with Crippen LogP contribution in [0.3, 0.4) is 0 Å². The molecule has 10 nitrogen and oxygen atoms in total. The van der Waals surface area contributed by atoms with Crippen molar-refractivity contribution in [2.24, 2.45) is 9.98 Å². The number of hydrogen-bond donors (Lipinski definition) is 1. The van der Waals surface area contributed by atoms with Gasteiger partial charge >= 0.3 is 0 Å². The van der Waals surface area contributed by atoms with Crippen LogP contribution in [0, 0.1) is 6.92 Å². The molecule has 0 unspecified atom stereocenters. The number of aromatic nitrogens is 2. The lowest BCUT2D eigenvalue weighted by Gasteiger charge is -2.40. The summed E-state index contributed by atoms with van der Waals surface area (Å²) in [6.45, 7) is 2.01. The van der Waals surface area contributed by atoms with Crippen LogP contribution in [0.1, 0.15) is 22.9 Å². The second-order valence-electron chi connectivity index (χ2n) is 10.7. The number of methoxy groups -OCH3 is 4. The molecule has 0 bridgehead atoms. The Bertz CT molecular complexity index is 2000. The maximum Gasteiger partial charge on any atom is 0.203 e. The zero-order valence-corrected chi connectivity index (χ0v) is 26.7. The summed E-state index contributed by atoms with van der Waals surface area (Å²) in [6.07, 6.45) is 0. The number of ether oxygens (including phenoxy) is 4. The molecule has 2 aliphatic heterocycles. The van der Waals surface area contributed by atoms with Crippen molar-refractivity contribution in [3.63, 3.8) is 0 Å². The number of aliphatic imine (C=N–C) groups is 2. The summed E-state index contributed by atoms with van der Waals surface area (Å²) in [5, 5.41) is 8.97. The summed E-state index contributed by atoms with van der Waals surface area (Å²) in [4.78, 5) is 12.5. The average molecular weight is 635 g/mol. The van der Waals surface area contributed by atoms with Gasteiger partial charge in [0.1, 0.15) is 5.75 Å². The van der Waals surface area contributed by atoms with Gasteiger partial charge in [-0.2, -0.15) is 5.10 Å². The van der Waals surface area contributed by atoms with Crippen LogP contribution in [-0.4, -0.2) is 49.9 Å². The zero-order chi connectivity index (χ0) is 31.9. The standard InChI is InChI=1S/C35H31ClN6O4/c1-20-30-31(21-17-28(44-3)32(46-5)29(18-21)45-4)41-26-14-10-9-13-25(26)38-33(37-22-15-16-27(43-2)24(36)19-22)35(41)39-34(30)42(40-20)23-11-7-6-8-12-23/h6-19,31H,1-5H3,(H,37,38)/t31-/m1/s1. The van der Waals surface area contributed by atoms with Gasteiger partial charge in [0, 0.05) is 11.3 Å². The van der Waals surface area contributed by atoms with E-state index >= 15 is 0 Å². The van der Waals surface area contributed by atoms with Gasteiger partial charge in [-0.3, -0.25) is 0 Å². The summed E-state index contributed by atoms with van der Waals surface area (Å²) in [5.74, 6) is 4.01. The molecule has 232 valence electrons. The van der Waals surface area contributed by atoms with E-state index in [4.69, 9.17) is 45.6 Å². The molecular weight excluding hydrogens is 604 g/mol. The highest BCUT2D eigenvalue weighted by Gasteiger charge is 2.42. The summed E-state index contributed by atoms with van der Waals surface area (Å²) >= 11 is 6.52. The highest BCUT2D eigenvalue weighted by Crippen LogP contribution is 2.50. The number of hydrogen-bond acceptors (Lipinski definition) is 9. The van der Waals surface area contributed by atoms with Crippen molar-refractivity contribution in [2.75, 3.05) is 38.7 Å². The molecule has 0 spiro atoms. The number of para-hydroxylation sites is 3. The molecular formula is C35H31ClN6O4. The van der Waals surface area contributed by atoms with E-state index in [0.717, 1.165) is 39.6 Å². The van der Waals surface area contributed by atoms with E-state index in [2.05, 4.69) is 10.2 Å². The van der Waals surface area contributed by atoms with Crippen LogP contribution < -0.4 is 29.2 Å². The van der Waals surface area contributed by atoms with Crippen molar-refractivity contribution in [3.8, 4) is 28.7 Å². The minimum atomic E-state index is -0.401. The lowest BCUT2D eigenvalue weighted by molar-refractivity contribution is 0.323. The maximum absolute atomic E-state index is 6.52. The Hall–Kier alpha value is -5.48. The molecule has 4 aromatic carbocycles. The molecule has 1 aromatic heterocycles. The van der Waals surface area contributed by atoms with Crippen LogP contribution in [-0.2, 0) is 0 Å². The lowest BCUT2D eigenvalue weighted by Crippen LogP contribution is -2.46. The summed E-state index contributed by atoms with van der Waals surface area (Å²) in [6, 6.07) is 27.0. The van der Waals surface area contributed by atoms with Crippen molar-refractivity contribution in [1.29, 1.82) is 0 Å². The normalized spacial score (nSPS) is 14.7. The van der Waals surface area contributed by atoms with Gasteiger partial charge in [0.2, 0.25) is 5.75 Å². The smallest absolute Gasteiger partial charge is 0.203 e. The fourth-order valence-electron chi connectivity index (χ4n) is 6.00. The van der Waals surface area contributed by atoms with E-state index in [0.29, 0.717) is 45.5 Å². The number of halogens is 1. The number of nitrogens with one attached hydrogen (secondary N) is 1. The Kier molecular flexibility index (Phi) is 7.50. The molecule has 0 radical (unpaired) electrons. The molecule has 0 saturated carbocycles. The summed E-state index contributed by atoms with van der Waals surface area (Å²) < 4.78 is 24.5. The van der Waals surface area contributed by atoms with Gasteiger partial charge in [-0.15, -0.1) is 0 Å². The maximum atomic E-state index is 6.52. The highest BCUT2D eigenvalue weighted by molar-refractivity contribution is 6.51. The molecule has 1 atom stereocenters. The Morgan fingerprint density at radius 1 is 0.761 bits per heavy atom. The SMILES string of the molecule is COc1ccc(NC2=Nc3ccccc3N3C2=Nc2c(c(C)nn2-c2ccccc2)[C@H]3c2cc(OC)c(OC)c(OC)c2)cc1Cl. The van der Waals surface area contributed by atoms with Crippen LogP contribution in [0.25, 0.3) is 5.69 Å². The van der Waals surface area contributed by atoms with Gasteiger partial charge in [-0.25, -0.2) is 14.7 Å². The molecule has 46 heavy (non-hydrogen) atoms. The molecule has 0 amide bonds. The Balaban J connectivity index is 1.50. The molecule has 2 aliphatic rings. The minimum absolute atomic E-state index is 0.401. The number of rotatable bonds is 7. The van der Waals surface area contributed by atoms with Crippen LogP contribution >= 0.6 is 11.6 Å². The van der Waals surface area contributed by atoms with Crippen LogP contribution in [0.4, 0.5) is 22.9 Å². The third-order valence-corrected chi connectivity index (χ3v) is 8.35. The fourth-order valence-corrected chi connectivity index (χ4v) is 6.26. The molecule has 0 aliphatic carbocycles. The number of amidine groups is 2. The largest absolute Gasteiger partial charge is 0.495 e. The van der Waals surface area contributed by atoms with Crippen molar-refractivity contribution in [2.45, 2.75) is 13.0 Å².